The number of anilines is 3. The van der Waals surface area contributed by atoms with Gasteiger partial charge in [0.15, 0.2) is 0 Å². The quantitative estimate of drug-likeness (QED) is 0.153. The van der Waals surface area contributed by atoms with Gasteiger partial charge in [0.25, 0.3) is 0 Å². The third-order valence-corrected chi connectivity index (χ3v) is 11.7. The number of benzene rings is 10. The summed E-state index contributed by atoms with van der Waals surface area (Å²) in [5.74, 6) is 0. The summed E-state index contributed by atoms with van der Waals surface area (Å²) in [4.78, 5) is 2.36. The minimum Gasteiger partial charge on any atom is -0.455 e. The molecule has 0 saturated carbocycles. The summed E-state index contributed by atoms with van der Waals surface area (Å²) in [5.41, 5.74) is 16.7. The summed E-state index contributed by atoms with van der Waals surface area (Å²) >= 11 is 0. The van der Waals surface area contributed by atoms with Crippen molar-refractivity contribution in [3.8, 4) is 55.6 Å². The molecule has 0 radical (unpaired) electrons. The molecule has 0 N–H and O–H groups in total. The smallest absolute Gasteiger partial charge is 0.143 e. The minimum atomic E-state index is 0.903. The highest BCUT2D eigenvalue weighted by Crippen LogP contribution is 2.42. The predicted molar refractivity (Wildman–Crippen MR) is 253 cm³/mol. The van der Waals surface area contributed by atoms with Crippen LogP contribution in [-0.4, -0.2) is 0 Å². The lowest BCUT2D eigenvalue weighted by molar-refractivity contribution is 0.670. The highest BCUT2D eigenvalue weighted by molar-refractivity contribution is 6.09. The lowest BCUT2D eigenvalue weighted by Crippen LogP contribution is -2.10. The first-order valence-corrected chi connectivity index (χ1v) is 20.5. The number of fused-ring (bicyclic) bond motifs is 4. The maximum Gasteiger partial charge on any atom is 0.143 e. The fourth-order valence-corrected chi connectivity index (χ4v) is 8.69. The average Bonchev–Trinajstić information content (AvgIpc) is 3.72. The summed E-state index contributed by atoms with van der Waals surface area (Å²) in [6.07, 6.45) is 0. The molecule has 0 aliphatic carbocycles. The van der Waals surface area contributed by atoms with Crippen LogP contribution in [0.3, 0.4) is 0 Å². The van der Waals surface area contributed by atoms with E-state index in [1.807, 2.05) is 12.1 Å². The fraction of sp³-hybridized carbons (Fsp3) is 0. The van der Waals surface area contributed by atoms with Crippen LogP contribution < -0.4 is 4.90 Å². The van der Waals surface area contributed by atoms with Gasteiger partial charge < -0.3 is 9.32 Å². The zero-order valence-electron chi connectivity index (χ0n) is 32.9. The van der Waals surface area contributed by atoms with E-state index in [1.54, 1.807) is 0 Å². The van der Waals surface area contributed by atoms with E-state index >= 15 is 0 Å². The molecule has 0 atom stereocenters. The zero-order valence-corrected chi connectivity index (χ0v) is 32.9. The van der Waals surface area contributed by atoms with Crippen molar-refractivity contribution in [1.82, 2.24) is 0 Å². The summed E-state index contributed by atoms with van der Waals surface area (Å²) in [5, 5.41) is 4.73. The van der Waals surface area contributed by atoms with Crippen molar-refractivity contribution in [1.29, 1.82) is 0 Å². The molecule has 2 nitrogen and oxygen atoms in total. The van der Waals surface area contributed by atoms with Crippen molar-refractivity contribution in [3.63, 3.8) is 0 Å². The molecule has 11 aromatic rings. The molecular weight excluding hydrogens is 727 g/mol. The van der Waals surface area contributed by atoms with Gasteiger partial charge in [-0.25, -0.2) is 0 Å². The van der Waals surface area contributed by atoms with Gasteiger partial charge in [0, 0.05) is 33.4 Å². The van der Waals surface area contributed by atoms with E-state index < -0.39 is 0 Å². The van der Waals surface area contributed by atoms with Gasteiger partial charge in [0.1, 0.15) is 11.2 Å². The zero-order chi connectivity index (χ0) is 39.8. The number of rotatable bonds is 8. The van der Waals surface area contributed by atoms with Crippen molar-refractivity contribution in [2.24, 2.45) is 0 Å². The molecule has 0 unspecified atom stereocenters. The van der Waals surface area contributed by atoms with Crippen LogP contribution in [0.1, 0.15) is 0 Å². The van der Waals surface area contributed by atoms with Crippen LogP contribution in [0.2, 0.25) is 0 Å². The van der Waals surface area contributed by atoms with Crippen LogP contribution in [-0.2, 0) is 0 Å². The molecule has 0 amide bonds. The van der Waals surface area contributed by atoms with Gasteiger partial charge in [-0.15, -0.1) is 0 Å². The lowest BCUT2D eigenvalue weighted by Gasteiger charge is -2.26. The first-order chi connectivity index (χ1) is 29.7. The molecular formula is C58H39NO. The second-order valence-electron chi connectivity index (χ2n) is 15.3. The Morgan fingerprint density at radius 2 is 0.750 bits per heavy atom. The van der Waals surface area contributed by atoms with E-state index in [0.717, 1.165) is 55.7 Å². The maximum atomic E-state index is 6.44. The molecule has 2 heteroatoms. The van der Waals surface area contributed by atoms with Crippen LogP contribution >= 0.6 is 0 Å². The molecule has 0 aliphatic heterocycles. The van der Waals surface area contributed by atoms with Crippen molar-refractivity contribution < 1.29 is 4.42 Å². The van der Waals surface area contributed by atoms with E-state index in [-0.39, 0.29) is 0 Å². The van der Waals surface area contributed by atoms with Gasteiger partial charge in [-0.2, -0.15) is 0 Å². The molecule has 0 fully saturated rings. The van der Waals surface area contributed by atoms with Gasteiger partial charge in [-0.3, -0.25) is 0 Å². The Morgan fingerprint density at radius 1 is 0.267 bits per heavy atom. The highest BCUT2D eigenvalue weighted by atomic mass is 16.3. The Balaban J connectivity index is 1.02. The van der Waals surface area contributed by atoms with Crippen molar-refractivity contribution in [2.75, 3.05) is 4.90 Å². The molecule has 282 valence electrons. The first kappa shape index (κ1) is 35.2. The standard InChI is InChI=1S/C58H39NO/c1-3-14-40(15-4-1)46-36-47(41-16-5-2-6-17-41)38-48(37-46)42-28-32-49(33-29-42)59(51-21-11-20-45(39-51)53-24-12-19-43-18-7-8-22-52(43)53)50-34-30-44(31-35-50)54-25-13-26-56-55-23-9-10-27-57(55)60-58(54)56/h1-39H. The number of nitrogens with zero attached hydrogens (tertiary/aromatic N) is 1. The van der Waals surface area contributed by atoms with E-state index in [2.05, 4.69) is 229 Å². The van der Waals surface area contributed by atoms with Crippen LogP contribution in [0.25, 0.3) is 88.3 Å². The molecule has 60 heavy (non-hydrogen) atoms. The Kier molecular flexibility index (Phi) is 8.87. The van der Waals surface area contributed by atoms with Gasteiger partial charge in [0.05, 0.1) is 0 Å². The highest BCUT2D eigenvalue weighted by Gasteiger charge is 2.17. The number of furan rings is 1. The van der Waals surface area contributed by atoms with Gasteiger partial charge in [0.2, 0.25) is 0 Å². The molecule has 0 spiro atoms. The maximum absolute atomic E-state index is 6.44. The molecule has 0 aliphatic rings. The summed E-state index contributed by atoms with van der Waals surface area (Å²) in [7, 11) is 0. The monoisotopic (exact) mass is 765 g/mol. The second kappa shape index (κ2) is 15.1. The second-order valence-corrected chi connectivity index (χ2v) is 15.3. The summed E-state index contributed by atoms with van der Waals surface area (Å²) in [6, 6.07) is 84.9. The average molecular weight is 766 g/mol. The fourth-order valence-electron chi connectivity index (χ4n) is 8.69. The van der Waals surface area contributed by atoms with Crippen molar-refractivity contribution >= 4 is 49.8 Å². The van der Waals surface area contributed by atoms with Crippen LogP contribution in [0.5, 0.6) is 0 Å². The largest absolute Gasteiger partial charge is 0.455 e. The van der Waals surface area contributed by atoms with E-state index in [1.165, 1.54) is 49.7 Å². The molecule has 1 heterocycles. The van der Waals surface area contributed by atoms with E-state index in [4.69, 9.17) is 4.42 Å². The summed E-state index contributed by atoms with van der Waals surface area (Å²) < 4.78 is 6.44. The Morgan fingerprint density at radius 3 is 1.43 bits per heavy atom. The third kappa shape index (κ3) is 6.51. The lowest BCUT2D eigenvalue weighted by atomic mass is 9.93. The van der Waals surface area contributed by atoms with Crippen LogP contribution in [0.15, 0.2) is 241 Å². The predicted octanol–water partition coefficient (Wildman–Crippen LogP) is 16.5. The van der Waals surface area contributed by atoms with E-state index in [9.17, 15) is 0 Å². The normalized spacial score (nSPS) is 11.3. The number of hydrogen-bond donors (Lipinski definition) is 0. The topological polar surface area (TPSA) is 16.4 Å². The number of hydrogen-bond acceptors (Lipinski definition) is 2. The SMILES string of the molecule is c1ccc(-c2cc(-c3ccccc3)cc(-c3ccc(N(c4ccc(-c5cccc6c5oc5ccccc56)cc4)c4cccc(-c5cccc6ccccc56)c4)cc3)c2)cc1. The van der Waals surface area contributed by atoms with Gasteiger partial charge >= 0.3 is 0 Å². The molecule has 11 rings (SSSR count). The third-order valence-electron chi connectivity index (χ3n) is 11.7. The van der Waals surface area contributed by atoms with Crippen LogP contribution in [0, 0.1) is 0 Å². The number of para-hydroxylation sites is 2. The minimum absolute atomic E-state index is 0.903. The van der Waals surface area contributed by atoms with Gasteiger partial charge in [-0.05, 0) is 122 Å². The van der Waals surface area contributed by atoms with Gasteiger partial charge in [-0.1, -0.05) is 176 Å². The molecule has 0 bridgehead atoms. The Bertz CT molecular complexity index is 3230. The molecule has 1 aromatic heterocycles. The Labute approximate surface area is 349 Å². The van der Waals surface area contributed by atoms with E-state index in [0.29, 0.717) is 0 Å². The summed E-state index contributed by atoms with van der Waals surface area (Å²) in [6.45, 7) is 0. The Hall–Kier alpha value is -7.94. The van der Waals surface area contributed by atoms with Crippen molar-refractivity contribution in [3.05, 3.63) is 237 Å². The molecule has 10 aromatic carbocycles. The van der Waals surface area contributed by atoms with Crippen LogP contribution in [0.4, 0.5) is 17.1 Å². The van der Waals surface area contributed by atoms with Crippen molar-refractivity contribution in [2.45, 2.75) is 0 Å². The molecule has 0 saturated heterocycles. The first-order valence-electron chi connectivity index (χ1n) is 20.5.